The molecule has 42 heavy (non-hydrogen) atoms. The van der Waals surface area contributed by atoms with Gasteiger partial charge in [0.2, 0.25) is 0 Å². The molecule has 0 unspecified atom stereocenters. The van der Waals surface area contributed by atoms with Crippen LogP contribution < -0.4 is 0 Å². The van der Waals surface area contributed by atoms with Crippen molar-refractivity contribution in [2.45, 2.75) is 19.8 Å². The van der Waals surface area contributed by atoms with Crippen LogP contribution in [0.3, 0.4) is 0 Å². The van der Waals surface area contributed by atoms with Crippen molar-refractivity contribution in [2.75, 3.05) is 0 Å². The van der Waals surface area contributed by atoms with E-state index in [-0.39, 0.29) is 20.1 Å². The Bertz CT molecular complexity index is 1920. The second-order valence-corrected chi connectivity index (χ2v) is 10.2. The second kappa shape index (κ2) is 13.5. The Morgan fingerprint density at radius 2 is 1.40 bits per heavy atom. The summed E-state index contributed by atoms with van der Waals surface area (Å²) in [4.78, 5) is 8.83. The molecule has 7 rings (SSSR count). The maximum atomic E-state index is 9.00. The third-order valence-corrected chi connectivity index (χ3v) is 7.14. The van der Waals surface area contributed by atoms with Crippen molar-refractivity contribution < 1.29 is 21.5 Å². The van der Waals surface area contributed by atoms with E-state index in [0.29, 0.717) is 12.0 Å². The number of aromatic nitrogens is 2. The number of benzene rings is 5. The van der Waals surface area contributed by atoms with E-state index in [4.69, 9.17) is 1.37 Å². The Morgan fingerprint density at radius 3 is 2.17 bits per heavy atom. The first-order valence-electron chi connectivity index (χ1n) is 14.4. The molecule has 0 N–H and O–H groups in total. The Labute approximate surface area is 262 Å². The summed E-state index contributed by atoms with van der Waals surface area (Å²) in [5.74, 6) is 0.441. The van der Waals surface area contributed by atoms with Crippen molar-refractivity contribution in [2.24, 2.45) is 0 Å². The minimum absolute atomic E-state index is 0. The van der Waals surface area contributed by atoms with Crippen molar-refractivity contribution in [1.82, 2.24) is 9.97 Å². The number of fused-ring (bicyclic) bond motifs is 3. The zero-order valence-corrected chi connectivity index (χ0v) is 25.9. The average Bonchev–Trinajstić information content (AvgIpc) is 3.06. The minimum atomic E-state index is 0. The number of hydrogen-bond donors (Lipinski definition) is 0. The van der Waals surface area contributed by atoms with Gasteiger partial charge in [-0.05, 0) is 52.0 Å². The van der Waals surface area contributed by atoms with Crippen LogP contribution in [0.1, 0.15) is 26.7 Å². The van der Waals surface area contributed by atoms with E-state index in [1.54, 1.807) is 6.20 Å². The maximum Gasteiger partial charge on any atom is 0.0635 e. The molecule has 2 heterocycles. The van der Waals surface area contributed by atoms with E-state index in [0.717, 1.165) is 55.2 Å². The van der Waals surface area contributed by atoms with Gasteiger partial charge in [0.05, 0.1) is 1.37 Å². The Morgan fingerprint density at radius 1 is 0.643 bits per heavy atom. The van der Waals surface area contributed by atoms with Gasteiger partial charge in [0.25, 0.3) is 0 Å². The van der Waals surface area contributed by atoms with Crippen LogP contribution in [0.2, 0.25) is 0 Å². The molecule has 0 aliphatic rings. The van der Waals surface area contributed by atoms with Crippen molar-refractivity contribution >= 4 is 21.5 Å². The van der Waals surface area contributed by atoms with Crippen LogP contribution >= 0.6 is 0 Å². The number of pyridine rings is 2. The maximum absolute atomic E-state index is 9.00. The van der Waals surface area contributed by atoms with Crippen LogP contribution in [0, 0.1) is 12.1 Å². The molecule has 0 aliphatic heterocycles. The summed E-state index contributed by atoms with van der Waals surface area (Å²) in [7, 11) is 0. The molecule has 1 radical (unpaired) electrons. The van der Waals surface area contributed by atoms with Gasteiger partial charge in [0, 0.05) is 32.5 Å². The first-order chi connectivity index (χ1) is 20.6. The van der Waals surface area contributed by atoms with Gasteiger partial charge in [-0.25, -0.2) is 0 Å². The standard InChI is InChI=1S/C28H22N.C11H8N.Ir/c1-19(2)21-14-15-29-28(18-21)23-12-13-25-24-11-7-6-10-22(24)16-26(27(25)17-23)20-8-4-3-5-9-20;1-2-6-10(7-3-1)11-8-4-5-9-12-11;/h3-11,13-19H,1-2H3;1-6,8-9H;/q2*-1;/i16D;;. The molecule has 2 nitrogen and oxygen atoms in total. The number of hydrogen-bond acceptors (Lipinski definition) is 2. The van der Waals surface area contributed by atoms with Crippen LogP contribution in [0.15, 0.2) is 140 Å². The molecule has 0 fully saturated rings. The van der Waals surface area contributed by atoms with Crippen LogP contribution in [0.4, 0.5) is 0 Å². The van der Waals surface area contributed by atoms with Gasteiger partial charge >= 0.3 is 0 Å². The summed E-state index contributed by atoms with van der Waals surface area (Å²) in [6.45, 7) is 4.38. The van der Waals surface area contributed by atoms with Crippen molar-refractivity contribution in [3.8, 4) is 33.6 Å². The summed E-state index contributed by atoms with van der Waals surface area (Å²) >= 11 is 0. The van der Waals surface area contributed by atoms with Crippen LogP contribution in [0.5, 0.6) is 0 Å². The van der Waals surface area contributed by atoms with E-state index >= 15 is 0 Å². The predicted octanol–water partition coefficient (Wildman–Crippen LogP) is 10.2. The zero-order valence-electron chi connectivity index (χ0n) is 24.5. The van der Waals surface area contributed by atoms with Crippen LogP contribution in [0.25, 0.3) is 55.2 Å². The first-order valence-corrected chi connectivity index (χ1v) is 13.9. The van der Waals surface area contributed by atoms with Crippen LogP contribution in [-0.2, 0) is 20.1 Å². The molecule has 0 aliphatic carbocycles. The predicted molar refractivity (Wildman–Crippen MR) is 172 cm³/mol. The molecule has 7 aromatic rings. The fourth-order valence-electron chi connectivity index (χ4n) is 4.96. The van der Waals surface area contributed by atoms with Gasteiger partial charge in [-0.15, -0.1) is 59.7 Å². The third-order valence-electron chi connectivity index (χ3n) is 7.14. The third kappa shape index (κ3) is 6.39. The Hall–Kier alpha value is -4.43. The molecule has 0 saturated carbocycles. The van der Waals surface area contributed by atoms with Gasteiger partial charge in [-0.3, -0.25) is 0 Å². The Kier molecular flexibility index (Phi) is 8.90. The van der Waals surface area contributed by atoms with Crippen molar-refractivity contribution in [3.05, 3.63) is 157 Å². The molecule has 0 saturated heterocycles. The SMILES string of the molecule is [2H]c1c(-c2ccccc2)c2cc(-c3cc(C(C)C)ccn3)[c-]cc2c2ccccc12.[Ir].[c-]1ccccc1-c1ccccn1. The average molecular weight is 720 g/mol. The summed E-state index contributed by atoms with van der Waals surface area (Å²) < 4.78 is 9.00. The summed E-state index contributed by atoms with van der Waals surface area (Å²) in [6.07, 6.45) is 3.66. The van der Waals surface area contributed by atoms with E-state index in [1.807, 2.05) is 85.1 Å². The molecule has 0 atom stereocenters. The molecule has 0 spiro atoms. The van der Waals surface area contributed by atoms with E-state index < -0.39 is 0 Å². The van der Waals surface area contributed by atoms with Gasteiger partial charge in [0.15, 0.2) is 0 Å². The molecule has 5 aromatic carbocycles. The summed E-state index contributed by atoms with van der Waals surface area (Å²) in [5.41, 5.74) is 7.16. The van der Waals surface area contributed by atoms with E-state index in [1.165, 1.54) is 5.56 Å². The molecule has 2 aromatic heterocycles. The summed E-state index contributed by atoms with van der Waals surface area (Å²) in [6, 6.07) is 47.6. The van der Waals surface area contributed by atoms with E-state index in [2.05, 4.69) is 78.4 Å². The fraction of sp³-hybridized carbons (Fsp3) is 0.0769. The smallest absolute Gasteiger partial charge is 0.0635 e. The van der Waals surface area contributed by atoms with Gasteiger partial charge in [-0.2, -0.15) is 0 Å². The first kappa shape index (κ1) is 27.7. The van der Waals surface area contributed by atoms with Gasteiger partial charge in [0.1, 0.15) is 0 Å². The normalized spacial score (nSPS) is 11.0. The molecule has 0 bridgehead atoms. The van der Waals surface area contributed by atoms with E-state index in [9.17, 15) is 0 Å². The summed E-state index contributed by atoms with van der Waals surface area (Å²) in [5, 5.41) is 4.23. The number of nitrogens with zero attached hydrogens (tertiary/aromatic N) is 2. The quantitative estimate of drug-likeness (QED) is 0.134. The largest absolute Gasteiger partial charge is 0.305 e. The minimum Gasteiger partial charge on any atom is -0.305 e. The number of rotatable bonds is 4. The molecule has 0 amide bonds. The molecule has 207 valence electrons. The molecule has 3 heteroatoms. The van der Waals surface area contributed by atoms with Crippen LogP contribution in [-0.4, -0.2) is 9.97 Å². The fourth-order valence-corrected chi connectivity index (χ4v) is 4.96. The molecular formula is C39H30IrN2-2. The topological polar surface area (TPSA) is 25.8 Å². The molecular weight excluding hydrogens is 689 g/mol. The Balaban J connectivity index is 0.000000238. The zero-order chi connectivity index (χ0) is 28.9. The van der Waals surface area contributed by atoms with Gasteiger partial charge < -0.3 is 9.97 Å². The van der Waals surface area contributed by atoms with Gasteiger partial charge in [-0.1, -0.05) is 108 Å². The second-order valence-electron chi connectivity index (χ2n) is 10.2. The monoisotopic (exact) mass is 720 g/mol. The van der Waals surface area contributed by atoms with Crippen molar-refractivity contribution in [3.63, 3.8) is 0 Å². The van der Waals surface area contributed by atoms with Crippen molar-refractivity contribution in [1.29, 1.82) is 0 Å².